The van der Waals surface area contributed by atoms with Crippen LogP contribution in [0.4, 0.5) is 18.9 Å². The molecule has 3 nitrogen and oxygen atoms in total. The van der Waals surface area contributed by atoms with Gasteiger partial charge in [0.05, 0.1) is 11.3 Å². The monoisotopic (exact) mass is 279 g/mol. The molecular formula is C11H9ClF3NO2. The van der Waals surface area contributed by atoms with Crippen molar-refractivity contribution in [1.29, 1.82) is 0 Å². The lowest BCUT2D eigenvalue weighted by molar-refractivity contribution is -0.115. The molecule has 0 radical (unpaired) electrons. The molecule has 1 amide bonds. The van der Waals surface area contributed by atoms with E-state index in [2.05, 4.69) is 5.32 Å². The minimum absolute atomic E-state index is 0.0166. The van der Waals surface area contributed by atoms with Gasteiger partial charge in [0, 0.05) is 11.4 Å². The van der Waals surface area contributed by atoms with E-state index in [1.807, 2.05) is 0 Å². The maximum atomic E-state index is 12.4. The smallest absolute Gasteiger partial charge is 0.325 e. The number of Topliss-reactive ketones (excluding diaryl/α,β-unsaturated/α-hetero) is 1. The first-order valence-corrected chi connectivity index (χ1v) is 5.34. The van der Waals surface area contributed by atoms with E-state index >= 15 is 0 Å². The summed E-state index contributed by atoms with van der Waals surface area (Å²) in [7, 11) is 0. The Bertz CT molecular complexity index is 486. The number of nitrogens with one attached hydrogen (secondary N) is 1. The molecule has 0 saturated heterocycles. The number of carbonyl (C=O) groups is 2. The lowest BCUT2D eigenvalue weighted by atomic mass is 10.1. The largest absolute Gasteiger partial charge is 0.454 e. The fraction of sp³-hybridized carbons (Fsp3) is 0.273. The molecule has 0 spiro atoms. The van der Waals surface area contributed by atoms with Crippen LogP contribution in [0.5, 0.6) is 0 Å². The minimum atomic E-state index is -5.02. The van der Waals surface area contributed by atoms with Gasteiger partial charge in [-0.3, -0.25) is 9.59 Å². The standard InChI is InChI=1S/C11H9ClF3NO2/c1-2-9(17)16-8-4-3-6(12)5-7(8)10(18)11(13,14)15/h3-5H,2H2,1H3,(H,16,17). The highest BCUT2D eigenvalue weighted by Crippen LogP contribution is 2.28. The first-order valence-electron chi connectivity index (χ1n) is 4.96. The molecule has 0 aliphatic rings. The van der Waals surface area contributed by atoms with Gasteiger partial charge in [-0.15, -0.1) is 0 Å². The lowest BCUT2D eigenvalue weighted by Gasteiger charge is -2.11. The summed E-state index contributed by atoms with van der Waals surface area (Å²) in [5.74, 6) is -2.54. The van der Waals surface area contributed by atoms with E-state index in [1.165, 1.54) is 13.0 Å². The van der Waals surface area contributed by atoms with Crippen molar-refractivity contribution in [1.82, 2.24) is 0 Å². The van der Waals surface area contributed by atoms with Crippen LogP contribution in [0.1, 0.15) is 23.7 Å². The summed E-state index contributed by atoms with van der Waals surface area (Å²) in [6, 6.07) is 3.33. The molecule has 0 unspecified atom stereocenters. The quantitative estimate of drug-likeness (QED) is 0.862. The summed E-state index contributed by atoms with van der Waals surface area (Å²) in [6.07, 6.45) is -4.93. The number of ketones is 1. The second-order valence-corrected chi connectivity index (χ2v) is 3.85. The van der Waals surface area contributed by atoms with Crippen LogP contribution in [-0.2, 0) is 4.79 Å². The Labute approximate surface area is 106 Å². The maximum Gasteiger partial charge on any atom is 0.454 e. The number of hydrogen-bond donors (Lipinski definition) is 1. The molecule has 98 valence electrons. The Kier molecular flexibility index (Phi) is 4.34. The van der Waals surface area contributed by atoms with Crippen molar-refractivity contribution < 1.29 is 22.8 Å². The normalized spacial score (nSPS) is 11.2. The number of benzene rings is 1. The molecule has 1 aromatic carbocycles. The highest BCUT2D eigenvalue weighted by atomic mass is 35.5. The van der Waals surface area contributed by atoms with E-state index in [9.17, 15) is 22.8 Å². The Hall–Kier alpha value is -1.56. The fourth-order valence-electron chi connectivity index (χ4n) is 1.20. The molecule has 0 atom stereocenters. The predicted molar refractivity (Wildman–Crippen MR) is 60.8 cm³/mol. The fourth-order valence-corrected chi connectivity index (χ4v) is 1.38. The molecule has 1 rings (SSSR count). The second-order valence-electron chi connectivity index (χ2n) is 3.42. The van der Waals surface area contributed by atoms with Crippen LogP contribution in [0.2, 0.25) is 5.02 Å². The number of rotatable bonds is 3. The van der Waals surface area contributed by atoms with Gasteiger partial charge in [-0.25, -0.2) is 0 Å². The Balaban J connectivity index is 3.20. The summed E-state index contributed by atoms with van der Waals surface area (Å²) >= 11 is 5.55. The minimum Gasteiger partial charge on any atom is -0.325 e. The van der Waals surface area contributed by atoms with Crippen LogP contribution in [-0.4, -0.2) is 17.9 Å². The van der Waals surface area contributed by atoms with Crippen LogP contribution < -0.4 is 5.32 Å². The lowest BCUT2D eigenvalue weighted by Crippen LogP contribution is -2.24. The zero-order valence-electron chi connectivity index (χ0n) is 9.27. The molecule has 1 aromatic rings. The van der Waals surface area contributed by atoms with Crippen LogP contribution >= 0.6 is 11.6 Å². The number of hydrogen-bond acceptors (Lipinski definition) is 2. The van der Waals surface area contributed by atoms with Gasteiger partial charge < -0.3 is 5.32 Å². The molecule has 18 heavy (non-hydrogen) atoms. The highest BCUT2D eigenvalue weighted by Gasteiger charge is 2.40. The summed E-state index contributed by atoms with van der Waals surface area (Å²) < 4.78 is 37.1. The van der Waals surface area contributed by atoms with Crippen molar-refractivity contribution in [3.05, 3.63) is 28.8 Å². The van der Waals surface area contributed by atoms with E-state index in [0.717, 1.165) is 12.1 Å². The first kappa shape index (κ1) is 14.5. The molecule has 0 aliphatic carbocycles. The van der Waals surface area contributed by atoms with Crippen molar-refractivity contribution in [3.63, 3.8) is 0 Å². The third-order valence-corrected chi connectivity index (χ3v) is 2.31. The van der Waals surface area contributed by atoms with E-state index in [0.29, 0.717) is 0 Å². The third-order valence-electron chi connectivity index (χ3n) is 2.08. The van der Waals surface area contributed by atoms with E-state index in [1.54, 1.807) is 0 Å². The first-order chi connectivity index (χ1) is 8.25. The molecule has 1 N–H and O–H groups in total. The van der Waals surface area contributed by atoms with Gasteiger partial charge in [0.15, 0.2) is 0 Å². The summed E-state index contributed by atoms with van der Waals surface area (Å²) in [5.41, 5.74) is -0.870. The number of halogens is 4. The van der Waals surface area contributed by atoms with Gasteiger partial charge in [-0.1, -0.05) is 18.5 Å². The second kappa shape index (κ2) is 5.39. The summed E-state index contributed by atoms with van der Waals surface area (Å²) in [5, 5.41) is 2.21. The van der Waals surface area contributed by atoms with Gasteiger partial charge in [0.2, 0.25) is 5.91 Å². The maximum absolute atomic E-state index is 12.4. The van der Waals surface area contributed by atoms with Crippen molar-refractivity contribution in [2.45, 2.75) is 19.5 Å². The number of alkyl halides is 3. The number of anilines is 1. The van der Waals surface area contributed by atoms with Gasteiger partial charge in [0.25, 0.3) is 5.78 Å². The van der Waals surface area contributed by atoms with Crippen molar-refractivity contribution in [2.75, 3.05) is 5.32 Å². The predicted octanol–water partition coefficient (Wildman–Crippen LogP) is 3.43. The van der Waals surface area contributed by atoms with E-state index in [4.69, 9.17) is 11.6 Å². The molecule has 0 heterocycles. The Morgan fingerprint density at radius 3 is 2.44 bits per heavy atom. The molecule has 0 saturated carbocycles. The molecule has 7 heteroatoms. The summed E-state index contributed by atoms with van der Waals surface area (Å²) in [6.45, 7) is 1.54. The average molecular weight is 280 g/mol. The highest BCUT2D eigenvalue weighted by molar-refractivity contribution is 6.31. The zero-order valence-corrected chi connectivity index (χ0v) is 10.0. The topological polar surface area (TPSA) is 46.2 Å². The third kappa shape index (κ3) is 3.46. The van der Waals surface area contributed by atoms with E-state index < -0.39 is 23.4 Å². The zero-order chi connectivity index (χ0) is 13.9. The van der Waals surface area contributed by atoms with Crippen LogP contribution in [0.3, 0.4) is 0 Å². The Morgan fingerprint density at radius 2 is 1.94 bits per heavy atom. The van der Waals surface area contributed by atoms with Gasteiger partial charge in [-0.05, 0) is 18.2 Å². The van der Waals surface area contributed by atoms with Crippen LogP contribution in [0.25, 0.3) is 0 Å². The molecule has 0 aliphatic heterocycles. The average Bonchev–Trinajstić information content (AvgIpc) is 2.29. The summed E-state index contributed by atoms with van der Waals surface area (Å²) in [4.78, 5) is 22.3. The Morgan fingerprint density at radius 1 is 1.33 bits per heavy atom. The molecule has 0 bridgehead atoms. The number of carbonyl (C=O) groups excluding carboxylic acids is 2. The molecular weight excluding hydrogens is 271 g/mol. The molecule has 0 aromatic heterocycles. The van der Waals surface area contributed by atoms with E-state index in [-0.39, 0.29) is 17.1 Å². The van der Waals surface area contributed by atoms with Gasteiger partial charge in [0.1, 0.15) is 0 Å². The van der Waals surface area contributed by atoms with Crippen molar-refractivity contribution >= 4 is 29.0 Å². The van der Waals surface area contributed by atoms with Crippen molar-refractivity contribution in [2.24, 2.45) is 0 Å². The molecule has 0 fully saturated rings. The van der Waals surface area contributed by atoms with Gasteiger partial charge >= 0.3 is 6.18 Å². The van der Waals surface area contributed by atoms with Crippen molar-refractivity contribution in [3.8, 4) is 0 Å². The SMILES string of the molecule is CCC(=O)Nc1ccc(Cl)cc1C(=O)C(F)(F)F. The van der Waals surface area contributed by atoms with Crippen LogP contribution in [0.15, 0.2) is 18.2 Å². The van der Waals surface area contributed by atoms with Crippen LogP contribution in [0, 0.1) is 0 Å². The number of amides is 1. The van der Waals surface area contributed by atoms with Gasteiger partial charge in [-0.2, -0.15) is 13.2 Å².